The van der Waals surface area contributed by atoms with Crippen molar-refractivity contribution in [3.8, 4) is 0 Å². The Bertz CT molecular complexity index is 335. The zero-order valence-corrected chi connectivity index (χ0v) is 13.7. The quantitative estimate of drug-likeness (QED) is 0.743. The van der Waals surface area contributed by atoms with Crippen molar-refractivity contribution in [1.29, 1.82) is 0 Å². The third-order valence-electron chi connectivity index (χ3n) is 4.36. The summed E-state index contributed by atoms with van der Waals surface area (Å²) in [6, 6.07) is 1.18. The molecule has 0 radical (unpaired) electrons. The van der Waals surface area contributed by atoms with E-state index in [2.05, 4.69) is 16.0 Å². The van der Waals surface area contributed by atoms with E-state index in [9.17, 15) is 4.79 Å². The van der Waals surface area contributed by atoms with Crippen molar-refractivity contribution in [2.45, 2.75) is 70.6 Å². The fourth-order valence-corrected chi connectivity index (χ4v) is 3.32. The van der Waals surface area contributed by atoms with E-state index in [1.807, 2.05) is 20.8 Å². The number of nitrogens with one attached hydrogen (secondary N) is 3. The molecule has 5 nitrogen and oxygen atoms in total. The number of piperidine rings is 1. The third-order valence-corrected chi connectivity index (χ3v) is 4.36. The molecule has 0 spiro atoms. The van der Waals surface area contributed by atoms with E-state index in [4.69, 9.17) is 4.74 Å². The van der Waals surface area contributed by atoms with Crippen LogP contribution in [-0.2, 0) is 4.74 Å². The molecule has 0 aromatic carbocycles. The van der Waals surface area contributed by atoms with Crippen molar-refractivity contribution in [1.82, 2.24) is 16.0 Å². The van der Waals surface area contributed by atoms with E-state index in [1.54, 1.807) is 0 Å². The molecule has 2 unspecified atom stereocenters. The SMILES string of the molecule is CC(C)(C)OC(=O)NCC1CCCC1NC1CCNCC1. The second-order valence-electron chi connectivity index (χ2n) is 7.37. The Morgan fingerprint density at radius 1 is 1.19 bits per heavy atom. The average molecular weight is 297 g/mol. The summed E-state index contributed by atoms with van der Waals surface area (Å²) >= 11 is 0. The lowest BCUT2D eigenvalue weighted by Crippen LogP contribution is -2.48. The van der Waals surface area contributed by atoms with Gasteiger partial charge < -0.3 is 20.7 Å². The van der Waals surface area contributed by atoms with Crippen molar-refractivity contribution < 1.29 is 9.53 Å². The van der Waals surface area contributed by atoms with Crippen molar-refractivity contribution in [2.24, 2.45) is 5.92 Å². The van der Waals surface area contributed by atoms with Gasteiger partial charge in [-0.25, -0.2) is 4.79 Å². The van der Waals surface area contributed by atoms with Gasteiger partial charge in [-0.1, -0.05) is 6.42 Å². The zero-order valence-electron chi connectivity index (χ0n) is 13.7. The summed E-state index contributed by atoms with van der Waals surface area (Å²) in [5.74, 6) is 0.535. The molecule has 1 heterocycles. The fourth-order valence-electron chi connectivity index (χ4n) is 3.32. The molecule has 21 heavy (non-hydrogen) atoms. The van der Waals surface area contributed by atoms with Crippen LogP contribution in [0.4, 0.5) is 4.79 Å². The van der Waals surface area contributed by atoms with Crippen LogP contribution in [0.5, 0.6) is 0 Å². The molecule has 1 aliphatic carbocycles. The van der Waals surface area contributed by atoms with Gasteiger partial charge in [0.2, 0.25) is 0 Å². The van der Waals surface area contributed by atoms with Crippen LogP contribution in [0.25, 0.3) is 0 Å². The number of amides is 1. The van der Waals surface area contributed by atoms with Crippen molar-refractivity contribution in [3.05, 3.63) is 0 Å². The molecule has 2 rings (SSSR count). The van der Waals surface area contributed by atoms with E-state index in [0.29, 0.717) is 18.0 Å². The van der Waals surface area contributed by atoms with Gasteiger partial charge in [0.05, 0.1) is 0 Å². The number of hydrogen-bond acceptors (Lipinski definition) is 4. The van der Waals surface area contributed by atoms with Crippen molar-refractivity contribution in [2.75, 3.05) is 19.6 Å². The molecule has 0 bridgehead atoms. The first-order chi connectivity index (χ1) is 9.94. The topological polar surface area (TPSA) is 62.4 Å². The molecule has 1 saturated heterocycles. The molecule has 1 aliphatic heterocycles. The van der Waals surface area contributed by atoms with Crippen LogP contribution in [0, 0.1) is 5.92 Å². The van der Waals surface area contributed by atoms with Crippen LogP contribution in [0.2, 0.25) is 0 Å². The molecule has 3 N–H and O–H groups in total. The van der Waals surface area contributed by atoms with Gasteiger partial charge in [0.25, 0.3) is 0 Å². The van der Waals surface area contributed by atoms with Gasteiger partial charge in [-0.15, -0.1) is 0 Å². The van der Waals surface area contributed by atoms with Gasteiger partial charge in [-0.2, -0.15) is 0 Å². The van der Waals surface area contributed by atoms with Gasteiger partial charge in [-0.05, 0) is 65.5 Å². The van der Waals surface area contributed by atoms with Crippen LogP contribution < -0.4 is 16.0 Å². The minimum atomic E-state index is -0.424. The summed E-state index contributed by atoms with van der Waals surface area (Å²) in [5.41, 5.74) is -0.424. The maximum absolute atomic E-state index is 11.8. The highest BCUT2D eigenvalue weighted by Crippen LogP contribution is 2.26. The lowest BCUT2D eigenvalue weighted by Gasteiger charge is -2.30. The molecule has 1 saturated carbocycles. The summed E-state index contributed by atoms with van der Waals surface area (Å²) in [4.78, 5) is 11.8. The summed E-state index contributed by atoms with van der Waals surface area (Å²) in [6.45, 7) is 8.63. The average Bonchev–Trinajstić information content (AvgIpc) is 2.83. The Hall–Kier alpha value is -0.810. The molecule has 2 aliphatic rings. The fraction of sp³-hybridized carbons (Fsp3) is 0.938. The number of carbonyl (C=O) groups excluding carboxylic acids is 1. The molecule has 0 aromatic rings. The van der Waals surface area contributed by atoms with Gasteiger partial charge in [0.15, 0.2) is 0 Å². The van der Waals surface area contributed by atoms with E-state index >= 15 is 0 Å². The highest BCUT2D eigenvalue weighted by atomic mass is 16.6. The molecule has 0 aromatic heterocycles. The molecular formula is C16H31N3O2. The zero-order chi connectivity index (χ0) is 15.3. The van der Waals surface area contributed by atoms with Gasteiger partial charge in [-0.3, -0.25) is 0 Å². The predicted octanol–water partition coefficient (Wildman–Crippen LogP) is 2.02. The summed E-state index contributed by atoms with van der Waals surface area (Å²) in [6.07, 6.45) is 5.80. The largest absolute Gasteiger partial charge is 0.444 e. The molecule has 1 amide bonds. The Morgan fingerprint density at radius 2 is 1.90 bits per heavy atom. The second-order valence-corrected chi connectivity index (χ2v) is 7.37. The van der Waals surface area contributed by atoms with E-state index in [1.165, 1.54) is 32.1 Å². The maximum atomic E-state index is 11.8. The van der Waals surface area contributed by atoms with Crippen LogP contribution in [0.1, 0.15) is 52.9 Å². The highest BCUT2D eigenvalue weighted by molar-refractivity contribution is 5.67. The van der Waals surface area contributed by atoms with E-state index in [-0.39, 0.29) is 6.09 Å². The Balaban J connectivity index is 1.72. The lowest BCUT2D eigenvalue weighted by molar-refractivity contribution is 0.0517. The number of rotatable bonds is 4. The summed E-state index contributed by atoms with van der Waals surface area (Å²) in [5, 5.41) is 10.1. The monoisotopic (exact) mass is 297 g/mol. The Morgan fingerprint density at radius 3 is 2.57 bits per heavy atom. The number of alkyl carbamates (subject to hydrolysis) is 1. The first kappa shape index (κ1) is 16.6. The molecule has 2 atom stereocenters. The minimum absolute atomic E-state index is 0.296. The maximum Gasteiger partial charge on any atom is 0.407 e. The minimum Gasteiger partial charge on any atom is -0.444 e. The van der Waals surface area contributed by atoms with Crippen LogP contribution >= 0.6 is 0 Å². The molecule has 2 fully saturated rings. The normalized spacial score (nSPS) is 27.6. The van der Waals surface area contributed by atoms with E-state index < -0.39 is 5.60 Å². The number of ether oxygens (including phenoxy) is 1. The van der Waals surface area contributed by atoms with Crippen LogP contribution in [0.3, 0.4) is 0 Å². The first-order valence-electron chi connectivity index (χ1n) is 8.37. The standard InChI is InChI=1S/C16H31N3O2/c1-16(2,3)21-15(20)18-11-12-5-4-6-14(12)19-13-7-9-17-10-8-13/h12-14,17,19H,4-11H2,1-3H3,(H,18,20). The third kappa shape index (κ3) is 5.83. The second kappa shape index (κ2) is 7.45. The van der Waals surface area contributed by atoms with Gasteiger partial charge in [0, 0.05) is 18.6 Å². The first-order valence-corrected chi connectivity index (χ1v) is 8.37. The van der Waals surface area contributed by atoms with Crippen molar-refractivity contribution >= 4 is 6.09 Å². The Kier molecular flexibility index (Phi) is 5.88. The predicted molar refractivity (Wildman–Crippen MR) is 84.4 cm³/mol. The number of carbonyl (C=O) groups is 1. The molecule has 122 valence electrons. The molecular weight excluding hydrogens is 266 g/mol. The Labute approximate surface area is 128 Å². The molecule has 5 heteroatoms. The van der Waals surface area contributed by atoms with Gasteiger partial charge in [0.1, 0.15) is 5.60 Å². The number of hydrogen-bond donors (Lipinski definition) is 3. The summed E-state index contributed by atoms with van der Waals surface area (Å²) in [7, 11) is 0. The van der Waals surface area contributed by atoms with Gasteiger partial charge >= 0.3 is 6.09 Å². The van der Waals surface area contributed by atoms with Crippen LogP contribution in [0.15, 0.2) is 0 Å². The summed E-state index contributed by atoms with van der Waals surface area (Å²) < 4.78 is 5.30. The highest BCUT2D eigenvalue weighted by Gasteiger charge is 2.30. The lowest BCUT2D eigenvalue weighted by atomic mass is 9.99. The van der Waals surface area contributed by atoms with Crippen molar-refractivity contribution in [3.63, 3.8) is 0 Å². The van der Waals surface area contributed by atoms with Crippen LogP contribution in [-0.4, -0.2) is 43.4 Å². The van der Waals surface area contributed by atoms with E-state index in [0.717, 1.165) is 19.6 Å². The smallest absolute Gasteiger partial charge is 0.407 e.